The van der Waals surface area contributed by atoms with Gasteiger partial charge < -0.3 is 10.1 Å². The maximum Gasteiger partial charge on any atom is 0.258 e. The molecular weight excluding hydrogens is 438 g/mol. The van der Waals surface area contributed by atoms with E-state index < -0.39 is 16.1 Å². The van der Waals surface area contributed by atoms with Crippen molar-refractivity contribution >= 4 is 27.5 Å². The van der Waals surface area contributed by atoms with Gasteiger partial charge in [0, 0.05) is 25.0 Å². The Balaban J connectivity index is 1.58. The van der Waals surface area contributed by atoms with Gasteiger partial charge in [-0.25, -0.2) is 13.1 Å². The highest BCUT2D eigenvalue weighted by Crippen LogP contribution is 2.28. The molecule has 2 aromatic carbocycles. The van der Waals surface area contributed by atoms with Crippen LogP contribution in [0, 0.1) is 0 Å². The number of pyridine rings is 1. The second-order valence-corrected chi connectivity index (χ2v) is 8.89. The third-order valence-corrected chi connectivity index (χ3v) is 6.28. The van der Waals surface area contributed by atoms with Gasteiger partial charge in [0.1, 0.15) is 5.75 Å². The minimum Gasteiger partial charge on any atom is -0.482 e. The van der Waals surface area contributed by atoms with Crippen LogP contribution >= 0.6 is 11.6 Å². The minimum atomic E-state index is -3.79. The first kappa shape index (κ1) is 22.7. The molecule has 0 aliphatic carbocycles. The molecule has 3 aromatic rings. The van der Waals surface area contributed by atoms with Gasteiger partial charge in [-0.3, -0.25) is 9.78 Å². The number of sulfonamides is 1. The van der Waals surface area contributed by atoms with Crippen LogP contribution in [-0.2, 0) is 21.4 Å². The monoisotopic (exact) mass is 459 g/mol. The van der Waals surface area contributed by atoms with Gasteiger partial charge in [-0.2, -0.15) is 0 Å². The van der Waals surface area contributed by atoms with E-state index in [0.29, 0.717) is 6.54 Å². The predicted octanol–water partition coefficient (Wildman–Crippen LogP) is 3.47. The van der Waals surface area contributed by atoms with E-state index in [2.05, 4.69) is 15.0 Å². The molecule has 1 heterocycles. The number of halogens is 1. The lowest BCUT2D eigenvalue weighted by Crippen LogP contribution is -2.28. The highest BCUT2D eigenvalue weighted by molar-refractivity contribution is 7.89. The summed E-state index contributed by atoms with van der Waals surface area (Å²) in [5, 5.41) is 2.82. The van der Waals surface area contributed by atoms with Gasteiger partial charge in [0.05, 0.1) is 9.92 Å². The first-order valence-electron chi connectivity index (χ1n) is 9.50. The molecule has 162 valence electrons. The third kappa shape index (κ3) is 6.52. The van der Waals surface area contributed by atoms with Crippen LogP contribution in [0.4, 0.5) is 0 Å². The molecule has 0 radical (unpaired) electrons. The number of rotatable bonds is 9. The van der Waals surface area contributed by atoms with Crippen LogP contribution in [0.15, 0.2) is 78.0 Å². The van der Waals surface area contributed by atoms with Crippen LogP contribution in [0.2, 0.25) is 5.02 Å². The van der Waals surface area contributed by atoms with Crippen molar-refractivity contribution in [2.45, 2.75) is 24.4 Å². The Morgan fingerprint density at radius 1 is 1.10 bits per heavy atom. The summed E-state index contributed by atoms with van der Waals surface area (Å²) in [7, 11) is -3.79. The molecule has 0 aliphatic rings. The van der Waals surface area contributed by atoms with Crippen molar-refractivity contribution in [1.29, 1.82) is 0 Å². The molecule has 7 nitrogen and oxygen atoms in total. The molecular formula is C22H22ClN3O4S. The molecule has 0 saturated heterocycles. The zero-order chi connectivity index (χ0) is 22.3. The largest absolute Gasteiger partial charge is 0.482 e. The molecule has 1 amide bonds. The van der Waals surface area contributed by atoms with Gasteiger partial charge in [0.2, 0.25) is 10.0 Å². The fourth-order valence-corrected chi connectivity index (χ4v) is 4.33. The maximum absolute atomic E-state index is 12.7. The maximum atomic E-state index is 12.7. The standard InChI is InChI=1S/C22H22ClN3O4S/c1-16(18-5-3-2-4-6-18)26-31(28,29)19-7-8-21(20(23)13-19)30-15-22(27)25-14-17-9-11-24-12-10-17/h2-13,16,26H,14-15H2,1H3,(H,25,27). The highest BCUT2D eigenvalue weighted by Gasteiger charge is 2.20. The summed E-state index contributed by atoms with van der Waals surface area (Å²) >= 11 is 6.19. The lowest BCUT2D eigenvalue weighted by molar-refractivity contribution is -0.123. The van der Waals surface area contributed by atoms with E-state index in [1.807, 2.05) is 30.3 Å². The average molecular weight is 460 g/mol. The number of ether oxygens (including phenoxy) is 1. The Morgan fingerprint density at radius 3 is 2.48 bits per heavy atom. The highest BCUT2D eigenvalue weighted by atomic mass is 35.5. The molecule has 0 saturated carbocycles. The molecule has 0 aliphatic heterocycles. The molecule has 31 heavy (non-hydrogen) atoms. The lowest BCUT2D eigenvalue weighted by Gasteiger charge is -2.15. The number of nitrogens with one attached hydrogen (secondary N) is 2. The van der Waals surface area contributed by atoms with E-state index >= 15 is 0 Å². The second kappa shape index (κ2) is 10.4. The summed E-state index contributed by atoms with van der Waals surface area (Å²) in [6.07, 6.45) is 3.28. The quantitative estimate of drug-likeness (QED) is 0.510. The van der Waals surface area contributed by atoms with Gasteiger partial charge in [-0.05, 0) is 48.4 Å². The zero-order valence-electron chi connectivity index (χ0n) is 16.8. The summed E-state index contributed by atoms with van der Waals surface area (Å²) < 4.78 is 33.4. The number of nitrogens with zero attached hydrogens (tertiary/aromatic N) is 1. The first-order valence-corrected chi connectivity index (χ1v) is 11.4. The molecule has 0 bridgehead atoms. The number of hydrogen-bond acceptors (Lipinski definition) is 5. The van der Waals surface area contributed by atoms with Crippen molar-refractivity contribution in [3.63, 3.8) is 0 Å². The SMILES string of the molecule is CC(NS(=O)(=O)c1ccc(OCC(=O)NCc2ccncc2)c(Cl)c1)c1ccccc1. The smallest absolute Gasteiger partial charge is 0.258 e. The molecule has 1 aromatic heterocycles. The van der Waals surface area contributed by atoms with Crippen LogP contribution < -0.4 is 14.8 Å². The zero-order valence-corrected chi connectivity index (χ0v) is 18.4. The second-order valence-electron chi connectivity index (χ2n) is 6.77. The Labute approximate surface area is 186 Å². The van der Waals surface area contributed by atoms with E-state index in [9.17, 15) is 13.2 Å². The number of amides is 1. The van der Waals surface area contributed by atoms with Gasteiger partial charge in [0.15, 0.2) is 6.61 Å². The summed E-state index contributed by atoms with van der Waals surface area (Å²) in [5.74, 6) is -0.112. The van der Waals surface area contributed by atoms with Gasteiger partial charge in [-0.1, -0.05) is 41.9 Å². The summed E-state index contributed by atoms with van der Waals surface area (Å²) in [6, 6.07) is 16.5. The number of carbonyl (C=O) groups excluding carboxylic acids is 1. The molecule has 1 atom stereocenters. The van der Waals surface area contributed by atoms with Crippen molar-refractivity contribution in [3.8, 4) is 5.75 Å². The lowest BCUT2D eigenvalue weighted by atomic mass is 10.1. The Morgan fingerprint density at radius 2 is 1.81 bits per heavy atom. The van der Waals surface area contributed by atoms with E-state index in [4.69, 9.17) is 16.3 Å². The van der Waals surface area contributed by atoms with Gasteiger partial charge in [-0.15, -0.1) is 0 Å². The van der Waals surface area contributed by atoms with E-state index in [1.54, 1.807) is 31.5 Å². The minimum absolute atomic E-state index is 0.00905. The first-order chi connectivity index (χ1) is 14.8. The molecule has 3 rings (SSSR count). The van der Waals surface area contributed by atoms with Crippen molar-refractivity contribution in [2.75, 3.05) is 6.61 Å². The van der Waals surface area contributed by atoms with Crippen molar-refractivity contribution < 1.29 is 17.9 Å². The van der Waals surface area contributed by atoms with Crippen molar-refractivity contribution in [2.24, 2.45) is 0 Å². The van der Waals surface area contributed by atoms with Gasteiger partial charge >= 0.3 is 0 Å². The topological polar surface area (TPSA) is 97.4 Å². The predicted molar refractivity (Wildman–Crippen MR) is 118 cm³/mol. The third-order valence-electron chi connectivity index (χ3n) is 4.44. The number of aromatic nitrogens is 1. The van der Waals surface area contributed by atoms with E-state index in [1.165, 1.54) is 18.2 Å². The van der Waals surface area contributed by atoms with Crippen LogP contribution in [0.5, 0.6) is 5.75 Å². The van der Waals surface area contributed by atoms with Crippen LogP contribution in [0.3, 0.4) is 0 Å². The fourth-order valence-electron chi connectivity index (χ4n) is 2.77. The van der Waals surface area contributed by atoms with E-state index in [0.717, 1.165) is 11.1 Å². The Bertz CT molecular complexity index is 1130. The molecule has 1 unspecified atom stereocenters. The van der Waals surface area contributed by atoms with E-state index in [-0.39, 0.29) is 28.2 Å². The van der Waals surface area contributed by atoms with Crippen LogP contribution in [0.25, 0.3) is 0 Å². The molecule has 0 fully saturated rings. The molecule has 2 N–H and O–H groups in total. The van der Waals surface area contributed by atoms with Crippen LogP contribution in [-0.4, -0.2) is 25.9 Å². The Hall–Kier alpha value is -2.94. The fraction of sp³-hybridized carbons (Fsp3) is 0.182. The summed E-state index contributed by atoms with van der Waals surface area (Å²) in [5.41, 5.74) is 1.75. The number of hydrogen-bond donors (Lipinski definition) is 2. The summed E-state index contributed by atoms with van der Waals surface area (Å²) in [4.78, 5) is 15.9. The molecule has 0 spiro atoms. The normalized spacial score (nSPS) is 12.2. The molecule has 9 heteroatoms. The summed E-state index contributed by atoms with van der Waals surface area (Å²) in [6.45, 7) is 1.86. The average Bonchev–Trinajstić information content (AvgIpc) is 2.77. The number of benzene rings is 2. The number of carbonyl (C=O) groups is 1. The Kier molecular flexibility index (Phi) is 7.62. The van der Waals surface area contributed by atoms with Crippen molar-refractivity contribution in [1.82, 2.24) is 15.0 Å². The van der Waals surface area contributed by atoms with Crippen LogP contribution in [0.1, 0.15) is 24.1 Å². The van der Waals surface area contributed by atoms with Gasteiger partial charge in [0.25, 0.3) is 5.91 Å². The van der Waals surface area contributed by atoms with Crippen molar-refractivity contribution in [3.05, 3.63) is 89.2 Å².